The smallest absolute Gasteiger partial charge is 0.254 e. The SMILES string of the molecule is Cl.O=C(NCCC1CCCNC1)c1cnn(-c2ccccc2)c1. The molecule has 1 aromatic carbocycles. The van der Waals surface area contributed by atoms with E-state index in [1.807, 2.05) is 30.3 Å². The Bertz CT molecular complexity index is 608. The van der Waals surface area contributed by atoms with E-state index in [9.17, 15) is 4.79 Å². The van der Waals surface area contributed by atoms with Crippen molar-refractivity contribution in [1.29, 1.82) is 0 Å². The predicted molar refractivity (Wildman–Crippen MR) is 93.4 cm³/mol. The summed E-state index contributed by atoms with van der Waals surface area (Å²) in [6.07, 6.45) is 6.92. The fourth-order valence-electron chi connectivity index (χ4n) is 2.82. The van der Waals surface area contributed by atoms with Gasteiger partial charge in [-0.05, 0) is 50.4 Å². The quantitative estimate of drug-likeness (QED) is 0.882. The largest absolute Gasteiger partial charge is 0.352 e. The lowest BCUT2D eigenvalue weighted by Crippen LogP contribution is -2.33. The van der Waals surface area contributed by atoms with Crippen LogP contribution in [-0.4, -0.2) is 35.3 Å². The highest BCUT2D eigenvalue weighted by molar-refractivity contribution is 5.93. The molecule has 2 aromatic rings. The summed E-state index contributed by atoms with van der Waals surface area (Å²) in [5, 5.41) is 10.6. The number of rotatable bonds is 5. The van der Waals surface area contributed by atoms with E-state index >= 15 is 0 Å². The second-order valence-corrected chi connectivity index (χ2v) is 5.77. The molecule has 1 aliphatic heterocycles. The molecule has 1 atom stereocenters. The molecule has 1 fully saturated rings. The molecule has 124 valence electrons. The molecule has 1 saturated heterocycles. The van der Waals surface area contributed by atoms with Gasteiger partial charge in [-0.2, -0.15) is 5.10 Å². The summed E-state index contributed by atoms with van der Waals surface area (Å²) in [5.74, 6) is 0.632. The van der Waals surface area contributed by atoms with Crippen molar-refractivity contribution < 1.29 is 4.79 Å². The molecular weight excluding hydrogens is 312 g/mol. The molecule has 1 aromatic heterocycles. The summed E-state index contributed by atoms with van der Waals surface area (Å²) >= 11 is 0. The van der Waals surface area contributed by atoms with Crippen molar-refractivity contribution in [1.82, 2.24) is 20.4 Å². The van der Waals surface area contributed by atoms with Crippen molar-refractivity contribution in [3.8, 4) is 5.69 Å². The first-order valence-corrected chi connectivity index (χ1v) is 7.92. The van der Waals surface area contributed by atoms with Gasteiger partial charge in [-0.15, -0.1) is 12.4 Å². The third kappa shape index (κ3) is 4.81. The Morgan fingerprint density at radius 1 is 1.35 bits per heavy atom. The first-order valence-electron chi connectivity index (χ1n) is 7.92. The van der Waals surface area contributed by atoms with Crippen molar-refractivity contribution in [3.63, 3.8) is 0 Å². The van der Waals surface area contributed by atoms with Crippen LogP contribution in [0.5, 0.6) is 0 Å². The number of piperidine rings is 1. The molecular formula is C17H23ClN4O. The van der Waals surface area contributed by atoms with E-state index < -0.39 is 0 Å². The normalized spacial score (nSPS) is 17.3. The maximum absolute atomic E-state index is 12.2. The summed E-state index contributed by atoms with van der Waals surface area (Å²) in [6, 6.07) is 9.79. The molecule has 0 bridgehead atoms. The van der Waals surface area contributed by atoms with Crippen LogP contribution in [0.1, 0.15) is 29.6 Å². The number of nitrogens with one attached hydrogen (secondary N) is 2. The molecule has 2 N–H and O–H groups in total. The zero-order valence-electron chi connectivity index (χ0n) is 13.1. The van der Waals surface area contributed by atoms with E-state index in [-0.39, 0.29) is 18.3 Å². The summed E-state index contributed by atoms with van der Waals surface area (Å²) < 4.78 is 1.72. The molecule has 3 rings (SSSR count). The standard InChI is InChI=1S/C17H22N4O.ClH/c22-17(19-10-8-14-5-4-9-18-11-14)15-12-20-21(13-15)16-6-2-1-3-7-16;/h1-3,6-7,12-14,18H,4-5,8-11H2,(H,19,22);1H. The van der Waals surface area contributed by atoms with Gasteiger partial charge in [0.05, 0.1) is 17.4 Å². The maximum atomic E-state index is 12.2. The Labute approximate surface area is 142 Å². The average molecular weight is 335 g/mol. The van der Waals surface area contributed by atoms with Gasteiger partial charge in [0.15, 0.2) is 0 Å². The van der Waals surface area contributed by atoms with Crippen molar-refractivity contribution >= 4 is 18.3 Å². The van der Waals surface area contributed by atoms with Gasteiger partial charge in [0, 0.05) is 12.7 Å². The van der Waals surface area contributed by atoms with Crippen LogP contribution >= 0.6 is 12.4 Å². The van der Waals surface area contributed by atoms with Crippen molar-refractivity contribution in [2.75, 3.05) is 19.6 Å². The number of para-hydroxylation sites is 1. The predicted octanol–water partition coefficient (Wildman–Crippen LogP) is 2.41. The van der Waals surface area contributed by atoms with Gasteiger partial charge in [0.2, 0.25) is 0 Å². The molecule has 0 aliphatic carbocycles. The van der Waals surface area contributed by atoms with Gasteiger partial charge in [-0.25, -0.2) is 4.68 Å². The molecule has 1 amide bonds. The Morgan fingerprint density at radius 2 is 2.17 bits per heavy atom. The third-order valence-electron chi connectivity index (χ3n) is 4.10. The van der Waals surface area contributed by atoms with Crippen LogP contribution < -0.4 is 10.6 Å². The van der Waals surface area contributed by atoms with E-state index in [4.69, 9.17) is 0 Å². The maximum Gasteiger partial charge on any atom is 0.254 e. The lowest BCUT2D eigenvalue weighted by molar-refractivity contribution is 0.0950. The number of carbonyl (C=O) groups excluding carboxylic acids is 1. The lowest BCUT2D eigenvalue weighted by atomic mass is 9.96. The van der Waals surface area contributed by atoms with Gasteiger partial charge in [0.25, 0.3) is 5.91 Å². The monoisotopic (exact) mass is 334 g/mol. The Kier molecular flexibility index (Phi) is 6.62. The zero-order chi connectivity index (χ0) is 15.2. The van der Waals surface area contributed by atoms with Crippen LogP contribution in [0.25, 0.3) is 5.69 Å². The fraction of sp³-hybridized carbons (Fsp3) is 0.412. The number of carbonyl (C=O) groups is 1. The summed E-state index contributed by atoms with van der Waals surface area (Å²) in [5.41, 5.74) is 1.56. The minimum atomic E-state index is -0.0500. The highest BCUT2D eigenvalue weighted by Crippen LogP contribution is 2.13. The second-order valence-electron chi connectivity index (χ2n) is 5.77. The second kappa shape index (κ2) is 8.70. The number of halogens is 1. The van der Waals surface area contributed by atoms with Crippen LogP contribution in [0.4, 0.5) is 0 Å². The Balaban J connectivity index is 0.00000192. The van der Waals surface area contributed by atoms with E-state index in [0.717, 1.165) is 31.7 Å². The number of benzene rings is 1. The first kappa shape index (κ1) is 17.5. The Hall–Kier alpha value is -1.85. The van der Waals surface area contributed by atoms with E-state index in [1.54, 1.807) is 17.1 Å². The van der Waals surface area contributed by atoms with Crippen LogP contribution in [0.2, 0.25) is 0 Å². The van der Waals surface area contributed by atoms with Crippen LogP contribution in [0.3, 0.4) is 0 Å². The fourth-order valence-corrected chi connectivity index (χ4v) is 2.82. The molecule has 0 radical (unpaired) electrons. The molecule has 1 unspecified atom stereocenters. The minimum Gasteiger partial charge on any atom is -0.352 e. The molecule has 6 heteroatoms. The van der Waals surface area contributed by atoms with Crippen molar-refractivity contribution in [3.05, 3.63) is 48.3 Å². The van der Waals surface area contributed by atoms with Crippen molar-refractivity contribution in [2.45, 2.75) is 19.3 Å². The molecule has 2 heterocycles. The summed E-state index contributed by atoms with van der Waals surface area (Å²) in [7, 11) is 0. The minimum absolute atomic E-state index is 0. The van der Waals surface area contributed by atoms with Crippen LogP contribution in [0, 0.1) is 5.92 Å². The summed E-state index contributed by atoms with van der Waals surface area (Å²) in [6.45, 7) is 2.92. The molecule has 0 spiro atoms. The molecule has 0 saturated carbocycles. The van der Waals surface area contributed by atoms with E-state index in [1.165, 1.54) is 12.8 Å². The van der Waals surface area contributed by atoms with E-state index in [2.05, 4.69) is 15.7 Å². The van der Waals surface area contributed by atoms with Gasteiger partial charge >= 0.3 is 0 Å². The number of aromatic nitrogens is 2. The van der Waals surface area contributed by atoms with Gasteiger partial charge in [-0.1, -0.05) is 18.2 Å². The highest BCUT2D eigenvalue weighted by Gasteiger charge is 2.14. The number of hydrogen-bond donors (Lipinski definition) is 2. The van der Waals surface area contributed by atoms with Crippen LogP contribution in [0.15, 0.2) is 42.7 Å². The van der Waals surface area contributed by atoms with Gasteiger partial charge < -0.3 is 10.6 Å². The third-order valence-corrected chi connectivity index (χ3v) is 4.10. The number of hydrogen-bond acceptors (Lipinski definition) is 3. The van der Waals surface area contributed by atoms with Crippen molar-refractivity contribution in [2.24, 2.45) is 5.92 Å². The number of amides is 1. The topological polar surface area (TPSA) is 59.0 Å². The zero-order valence-corrected chi connectivity index (χ0v) is 13.9. The Morgan fingerprint density at radius 3 is 2.91 bits per heavy atom. The molecule has 23 heavy (non-hydrogen) atoms. The van der Waals surface area contributed by atoms with Gasteiger partial charge in [0.1, 0.15) is 0 Å². The van der Waals surface area contributed by atoms with Crippen LogP contribution in [-0.2, 0) is 0 Å². The number of nitrogens with zero attached hydrogens (tertiary/aromatic N) is 2. The summed E-state index contributed by atoms with van der Waals surface area (Å²) in [4.78, 5) is 12.2. The van der Waals surface area contributed by atoms with Gasteiger partial charge in [-0.3, -0.25) is 4.79 Å². The van der Waals surface area contributed by atoms with E-state index in [0.29, 0.717) is 11.5 Å². The molecule has 1 aliphatic rings. The first-order chi connectivity index (χ1) is 10.8. The average Bonchev–Trinajstić information content (AvgIpc) is 3.07. The highest BCUT2D eigenvalue weighted by atomic mass is 35.5. The molecule has 5 nitrogen and oxygen atoms in total. The lowest BCUT2D eigenvalue weighted by Gasteiger charge is -2.22.